The van der Waals surface area contributed by atoms with Crippen LogP contribution in [0.5, 0.6) is 0 Å². The summed E-state index contributed by atoms with van der Waals surface area (Å²) in [5, 5.41) is 9.24. The minimum Gasteiger partial charge on any atom is -0.456 e. The predicted octanol–water partition coefficient (Wildman–Crippen LogP) is 17.7. The number of rotatable bonds is 7. The zero-order chi connectivity index (χ0) is 49.8. The first-order valence-electron chi connectivity index (χ1n) is 25.7. The summed E-state index contributed by atoms with van der Waals surface area (Å²) >= 11 is 0. The van der Waals surface area contributed by atoms with Crippen molar-refractivity contribution in [3.8, 4) is 62.4 Å². The van der Waals surface area contributed by atoms with Crippen LogP contribution in [0.1, 0.15) is 0 Å². The molecule has 5 heterocycles. The molecule has 16 rings (SSSR count). The second kappa shape index (κ2) is 16.6. The normalized spacial score (nSPS) is 11.9. The Morgan fingerprint density at radius 2 is 0.697 bits per heavy atom. The topological polar surface area (TPSA) is 66.6 Å². The standard InChI is InChI=1S/C69H42N6O/c1-3-18-43(19-4-1)67-70-68(44-20-5-2-6-21-44)72-69(71-67)56-40-45(48-27-17-33-65-66(48)55-26-11-16-32-64(55)76-65)34-39-61(56)75-62-41-46(73-57-28-12-7-22-49(57)50-23-8-13-29-58(50)73)35-37-53(62)54-38-36-47(42-63(54)75)74-59-30-14-9-24-51(59)52-25-10-15-31-60(52)74/h1-42H. The van der Waals surface area contributed by atoms with Crippen LogP contribution in [0.4, 0.5) is 0 Å². The smallest absolute Gasteiger partial charge is 0.166 e. The lowest BCUT2D eigenvalue weighted by molar-refractivity contribution is 0.669. The summed E-state index contributed by atoms with van der Waals surface area (Å²) < 4.78 is 13.7. The number of furan rings is 1. The molecule has 0 saturated carbocycles. The third-order valence-electron chi connectivity index (χ3n) is 15.3. The van der Waals surface area contributed by atoms with E-state index in [1.54, 1.807) is 0 Å². The number of hydrogen-bond acceptors (Lipinski definition) is 4. The molecule has 0 aliphatic rings. The molecule has 7 nitrogen and oxygen atoms in total. The van der Waals surface area contributed by atoms with Gasteiger partial charge in [0.15, 0.2) is 17.5 Å². The molecule has 0 N–H and O–H groups in total. The predicted molar refractivity (Wildman–Crippen MR) is 312 cm³/mol. The quantitative estimate of drug-likeness (QED) is 0.160. The van der Waals surface area contributed by atoms with Gasteiger partial charge in [-0.1, -0.05) is 182 Å². The monoisotopic (exact) mass is 970 g/mol. The van der Waals surface area contributed by atoms with Gasteiger partial charge in [0.1, 0.15) is 11.2 Å². The molecular formula is C69H42N6O. The molecule has 0 fully saturated rings. The molecule has 0 unspecified atom stereocenters. The molecule has 0 radical (unpaired) electrons. The SMILES string of the molecule is c1ccc(-c2nc(-c3ccccc3)nc(-c3cc(-c4cccc5oc6ccccc6c45)ccc3-n3c4cc(-n5c6ccccc6c6ccccc65)ccc4c4ccc(-n5c6ccccc6c6ccccc65)cc43)n2)cc1. The Hall–Kier alpha value is -10.4. The number of fused-ring (bicyclic) bond motifs is 12. The van der Waals surface area contributed by atoms with Gasteiger partial charge in [-0.15, -0.1) is 0 Å². The average Bonchev–Trinajstić information content (AvgIpc) is 4.24. The van der Waals surface area contributed by atoms with E-state index in [1.807, 2.05) is 48.5 Å². The van der Waals surface area contributed by atoms with Gasteiger partial charge in [0.25, 0.3) is 0 Å². The zero-order valence-electron chi connectivity index (χ0n) is 40.8. The second-order valence-electron chi connectivity index (χ2n) is 19.5. The Bertz CT molecular complexity index is 4670. The molecule has 0 aliphatic carbocycles. The minimum atomic E-state index is 0.556. The van der Waals surface area contributed by atoms with E-state index in [4.69, 9.17) is 19.4 Å². The lowest BCUT2D eigenvalue weighted by Crippen LogP contribution is -2.04. The van der Waals surface area contributed by atoms with Gasteiger partial charge in [0.05, 0.1) is 38.8 Å². The second-order valence-corrected chi connectivity index (χ2v) is 19.5. The van der Waals surface area contributed by atoms with E-state index in [-0.39, 0.29) is 0 Å². The van der Waals surface area contributed by atoms with Gasteiger partial charge >= 0.3 is 0 Å². The summed E-state index contributed by atoms with van der Waals surface area (Å²) in [7, 11) is 0. The van der Waals surface area contributed by atoms with Gasteiger partial charge in [-0.25, -0.2) is 15.0 Å². The van der Waals surface area contributed by atoms with E-state index < -0.39 is 0 Å². The molecule has 76 heavy (non-hydrogen) atoms. The van der Waals surface area contributed by atoms with Crippen molar-refractivity contribution in [3.05, 3.63) is 255 Å². The van der Waals surface area contributed by atoms with Crippen molar-refractivity contribution in [2.24, 2.45) is 0 Å². The van der Waals surface area contributed by atoms with Gasteiger partial charge in [-0.2, -0.15) is 0 Å². The number of para-hydroxylation sites is 5. The lowest BCUT2D eigenvalue weighted by atomic mass is 9.96. The number of aromatic nitrogens is 6. The van der Waals surface area contributed by atoms with Crippen LogP contribution in [0.15, 0.2) is 259 Å². The fraction of sp³-hybridized carbons (Fsp3) is 0. The van der Waals surface area contributed by atoms with E-state index in [2.05, 4.69) is 220 Å². The van der Waals surface area contributed by atoms with E-state index in [0.29, 0.717) is 17.5 Å². The van der Waals surface area contributed by atoms with Crippen LogP contribution in [0.3, 0.4) is 0 Å². The first kappa shape index (κ1) is 42.2. The molecule has 354 valence electrons. The Balaban J connectivity index is 1.04. The van der Waals surface area contributed by atoms with Gasteiger partial charge < -0.3 is 18.1 Å². The van der Waals surface area contributed by atoms with E-state index in [1.165, 1.54) is 21.5 Å². The Morgan fingerprint density at radius 3 is 1.22 bits per heavy atom. The van der Waals surface area contributed by atoms with Crippen molar-refractivity contribution < 1.29 is 4.42 Å². The molecule has 0 aliphatic heterocycles. The highest BCUT2D eigenvalue weighted by Crippen LogP contribution is 2.44. The molecule has 5 aromatic heterocycles. The molecule has 0 spiro atoms. The maximum absolute atomic E-state index is 6.49. The Morgan fingerprint density at radius 1 is 0.263 bits per heavy atom. The summed E-state index contributed by atoms with van der Waals surface area (Å²) in [5.41, 5.74) is 16.1. The summed E-state index contributed by atoms with van der Waals surface area (Å²) in [6.07, 6.45) is 0. The summed E-state index contributed by atoms with van der Waals surface area (Å²) in [4.78, 5) is 16.1. The van der Waals surface area contributed by atoms with Gasteiger partial charge in [-0.05, 0) is 83.9 Å². The van der Waals surface area contributed by atoms with E-state index in [9.17, 15) is 0 Å². The Labute approximate surface area is 435 Å². The summed E-state index contributed by atoms with van der Waals surface area (Å²) in [5.74, 6) is 1.74. The van der Waals surface area contributed by atoms with Crippen molar-refractivity contribution in [3.63, 3.8) is 0 Å². The first-order valence-corrected chi connectivity index (χ1v) is 25.7. The molecule has 0 atom stereocenters. The van der Waals surface area contributed by atoms with Crippen molar-refractivity contribution in [2.75, 3.05) is 0 Å². The van der Waals surface area contributed by atoms with Crippen molar-refractivity contribution >= 4 is 87.4 Å². The van der Waals surface area contributed by atoms with Gasteiger partial charge in [-0.3, -0.25) is 0 Å². The maximum Gasteiger partial charge on any atom is 0.166 e. The number of nitrogens with zero attached hydrogens (tertiary/aromatic N) is 6. The van der Waals surface area contributed by atoms with Crippen LogP contribution in [-0.4, -0.2) is 28.7 Å². The van der Waals surface area contributed by atoms with Crippen molar-refractivity contribution in [1.82, 2.24) is 28.7 Å². The van der Waals surface area contributed by atoms with Crippen molar-refractivity contribution in [1.29, 1.82) is 0 Å². The molecule has 7 heteroatoms. The minimum absolute atomic E-state index is 0.556. The highest BCUT2D eigenvalue weighted by Gasteiger charge is 2.24. The van der Waals surface area contributed by atoms with Crippen LogP contribution < -0.4 is 0 Å². The zero-order valence-corrected chi connectivity index (χ0v) is 40.8. The summed E-state index contributed by atoms with van der Waals surface area (Å²) in [6.45, 7) is 0. The van der Waals surface area contributed by atoms with Crippen LogP contribution in [0, 0.1) is 0 Å². The van der Waals surface area contributed by atoms with E-state index in [0.717, 1.165) is 111 Å². The highest BCUT2D eigenvalue weighted by atomic mass is 16.3. The van der Waals surface area contributed by atoms with Gasteiger partial charge in [0.2, 0.25) is 0 Å². The first-order chi connectivity index (χ1) is 37.7. The Kier molecular flexibility index (Phi) is 9.20. The third-order valence-corrected chi connectivity index (χ3v) is 15.3. The van der Waals surface area contributed by atoms with Crippen LogP contribution >= 0.6 is 0 Å². The molecule has 0 bridgehead atoms. The molecule has 16 aromatic rings. The highest BCUT2D eigenvalue weighted by molar-refractivity contribution is 6.15. The lowest BCUT2D eigenvalue weighted by Gasteiger charge is -2.17. The van der Waals surface area contributed by atoms with E-state index >= 15 is 0 Å². The number of hydrogen-bond donors (Lipinski definition) is 0. The molecule has 0 saturated heterocycles. The third kappa shape index (κ3) is 6.39. The fourth-order valence-corrected chi connectivity index (χ4v) is 12.0. The number of benzene rings is 11. The molecule has 11 aromatic carbocycles. The van der Waals surface area contributed by atoms with Crippen LogP contribution in [-0.2, 0) is 0 Å². The van der Waals surface area contributed by atoms with Crippen LogP contribution in [0.2, 0.25) is 0 Å². The average molecular weight is 971 g/mol. The van der Waals surface area contributed by atoms with Gasteiger partial charge in [0, 0.05) is 71.2 Å². The summed E-state index contributed by atoms with van der Waals surface area (Å²) in [6, 6.07) is 90.5. The molecular weight excluding hydrogens is 929 g/mol. The largest absolute Gasteiger partial charge is 0.456 e. The molecule has 0 amide bonds. The van der Waals surface area contributed by atoms with Crippen LogP contribution in [0.25, 0.3) is 150 Å². The fourth-order valence-electron chi connectivity index (χ4n) is 12.0. The van der Waals surface area contributed by atoms with Crippen molar-refractivity contribution in [2.45, 2.75) is 0 Å². The maximum atomic E-state index is 6.49.